The summed E-state index contributed by atoms with van der Waals surface area (Å²) in [5.41, 5.74) is 0. The van der Waals surface area contributed by atoms with Gasteiger partial charge in [-0.15, -0.1) is 0 Å². The van der Waals surface area contributed by atoms with Gasteiger partial charge in [-0.2, -0.15) is 21.2 Å². The van der Waals surface area contributed by atoms with Gasteiger partial charge in [0.05, 0.1) is 6.20 Å². The van der Waals surface area contributed by atoms with Crippen LogP contribution in [-0.2, 0) is 10.0 Å². The Balaban J connectivity index is 2.25. The summed E-state index contributed by atoms with van der Waals surface area (Å²) in [6.07, 6.45) is 1.46. The zero-order valence-corrected chi connectivity index (χ0v) is 10.9. The molecule has 0 aliphatic carbocycles. The predicted octanol–water partition coefficient (Wildman–Crippen LogP) is 0.926. The van der Waals surface area contributed by atoms with E-state index in [4.69, 9.17) is 0 Å². The monoisotopic (exact) mass is 261 g/mol. The Labute approximate surface area is 99.7 Å². The van der Waals surface area contributed by atoms with Crippen molar-refractivity contribution < 1.29 is 8.42 Å². The van der Waals surface area contributed by atoms with Gasteiger partial charge in [0.2, 0.25) is 0 Å². The molecule has 0 aromatic carbocycles. The van der Waals surface area contributed by atoms with Crippen molar-refractivity contribution >= 4 is 21.8 Å². The van der Waals surface area contributed by atoms with Gasteiger partial charge in [0.15, 0.2) is 5.03 Å². The van der Waals surface area contributed by atoms with E-state index in [0.717, 1.165) is 5.75 Å². The highest BCUT2D eigenvalue weighted by Gasteiger charge is 2.35. The van der Waals surface area contributed by atoms with Gasteiger partial charge in [0, 0.05) is 23.6 Å². The Morgan fingerprint density at radius 2 is 2.31 bits per heavy atom. The molecule has 1 aliphatic heterocycles. The highest BCUT2D eigenvalue weighted by molar-refractivity contribution is 8.00. The van der Waals surface area contributed by atoms with E-state index in [0.29, 0.717) is 13.1 Å². The van der Waals surface area contributed by atoms with Crippen molar-refractivity contribution in [1.29, 1.82) is 0 Å². The maximum absolute atomic E-state index is 12.2. The van der Waals surface area contributed by atoms with Gasteiger partial charge < -0.3 is 0 Å². The zero-order chi connectivity index (χ0) is 11.8. The molecule has 1 aromatic rings. The molecule has 0 atom stereocenters. The Kier molecular flexibility index (Phi) is 3.02. The SMILES string of the molecule is CC1(C)CN(S(=O)(=O)c2ccn[nH]2)CCS1. The fourth-order valence-electron chi connectivity index (χ4n) is 1.70. The van der Waals surface area contributed by atoms with E-state index in [9.17, 15) is 8.42 Å². The summed E-state index contributed by atoms with van der Waals surface area (Å²) in [6.45, 7) is 5.23. The molecule has 1 saturated heterocycles. The molecular weight excluding hydrogens is 246 g/mol. The second-order valence-electron chi connectivity index (χ2n) is 4.37. The first kappa shape index (κ1) is 11.9. The van der Waals surface area contributed by atoms with E-state index >= 15 is 0 Å². The summed E-state index contributed by atoms with van der Waals surface area (Å²) < 4.78 is 25.9. The normalized spacial score (nSPS) is 22.1. The average molecular weight is 261 g/mol. The summed E-state index contributed by atoms with van der Waals surface area (Å²) in [5.74, 6) is 0.834. The number of nitrogens with one attached hydrogen (secondary N) is 1. The lowest BCUT2D eigenvalue weighted by molar-refractivity contribution is 0.386. The highest BCUT2D eigenvalue weighted by Crippen LogP contribution is 2.31. The van der Waals surface area contributed by atoms with Gasteiger partial charge in [-0.05, 0) is 19.9 Å². The summed E-state index contributed by atoms with van der Waals surface area (Å²) >= 11 is 1.81. The molecule has 5 nitrogen and oxygen atoms in total. The van der Waals surface area contributed by atoms with Gasteiger partial charge in [-0.25, -0.2) is 8.42 Å². The van der Waals surface area contributed by atoms with Gasteiger partial charge in [0.25, 0.3) is 10.0 Å². The van der Waals surface area contributed by atoms with E-state index < -0.39 is 10.0 Å². The van der Waals surface area contributed by atoms with Crippen LogP contribution < -0.4 is 0 Å². The fraction of sp³-hybridized carbons (Fsp3) is 0.667. The lowest BCUT2D eigenvalue weighted by Crippen LogP contribution is -2.46. The number of rotatable bonds is 2. The van der Waals surface area contributed by atoms with Crippen LogP contribution in [-0.4, -0.2) is 46.5 Å². The molecule has 1 aliphatic rings. The molecule has 0 radical (unpaired) electrons. The Hall–Kier alpha value is -0.530. The molecule has 0 amide bonds. The van der Waals surface area contributed by atoms with E-state index in [2.05, 4.69) is 24.0 Å². The first-order chi connectivity index (χ1) is 7.42. The first-order valence-corrected chi connectivity index (χ1v) is 7.48. The second kappa shape index (κ2) is 4.05. The topological polar surface area (TPSA) is 66.1 Å². The average Bonchev–Trinajstić information content (AvgIpc) is 2.69. The van der Waals surface area contributed by atoms with Crippen LogP contribution in [0.4, 0.5) is 0 Å². The minimum atomic E-state index is -3.39. The van der Waals surface area contributed by atoms with E-state index in [-0.39, 0.29) is 9.77 Å². The minimum Gasteiger partial charge on any atom is -0.266 e. The van der Waals surface area contributed by atoms with Crippen molar-refractivity contribution in [3.8, 4) is 0 Å². The zero-order valence-electron chi connectivity index (χ0n) is 9.30. The number of sulfonamides is 1. The molecule has 1 N–H and O–H groups in total. The summed E-state index contributed by atoms with van der Waals surface area (Å²) in [7, 11) is -3.39. The number of aromatic nitrogens is 2. The quantitative estimate of drug-likeness (QED) is 0.860. The molecule has 0 bridgehead atoms. The molecule has 0 unspecified atom stereocenters. The van der Waals surface area contributed by atoms with Gasteiger partial charge >= 0.3 is 0 Å². The molecule has 2 heterocycles. The van der Waals surface area contributed by atoms with Crippen LogP contribution >= 0.6 is 11.8 Å². The van der Waals surface area contributed by atoms with E-state index in [1.165, 1.54) is 16.6 Å². The maximum Gasteiger partial charge on any atom is 0.260 e. The smallest absolute Gasteiger partial charge is 0.260 e. The van der Waals surface area contributed by atoms with Crippen molar-refractivity contribution in [2.75, 3.05) is 18.8 Å². The predicted molar refractivity (Wildman–Crippen MR) is 63.9 cm³/mol. The van der Waals surface area contributed by atoms with Crippen LogP contribution in [0, 0.1) is 0 Å². The van der Waals surface area contributed by atoms with Crippen molar-refractivity contribution in [1.82, 2.24) is 14.5 Å². The Morgan fingerprint density at radius 1 is 1.56 bits per heavy atom. The molecule has 16 heavy (non-hydrogen) atoms. The largest absolute Gasteiger partial charge is 0.266 e. The summed E-state index contributed by atoms with van der Waals surface area (Å²) in [6, 6.07) is 1.49. The fourth-order valence-corrected chi connectivity index (χ4v) is 4.52. The van der Waals surface area contributed by atoms with Crippen LogP contribution in [0.5, 0.6) is 0 Å². The molecule has 1 aromatic heterocycles. The third-order valence-corrected chi connectivity index (χ3v) is 5.56. The Morgan fingerprint density at radius 3 is 2.88 bits per heavy atom. The van der Waals surface area contributed by atoms with Crippen LogP contribution in [0.15, 0.2) is 17.3 Å². The standard InChI is InChI=1S/C9H15N3O2S2/c1-9(2)7-12(5-6-15-9)16(13,14)8-3-4-10-11-8/h3-4H,5-7H2,1-2H3,(H,10,11). The lowest BCUT2D eigenvalue weighted by Gasteiger charge is -2.36. The number of H-pyrrole nitrogens is 1. The van der Waals surface area contributed by atoms with Crippen LogP contribution in [0.25, 0.3) is 0 Å². The van der Waals surface area contributed by atoms with Crippen molar-refractivity contribution in [3.63, 3.8) is 0 Å². The van der Waals surface area contributed by atoms with Crippen molar-refractivity contribution in [2.45, 2.75) is 23.6 Å². The second-order valence-corrected chi connectivity index (χ2v) is 8.08. The van der Waals surface area contributed by atoms with Gasteiger partial charge in [0.1, 0.15) is 0 Å². The van der Waals surface area contributed by atoms with Crippen LogP contribution in [0.1, 0.15) is 13.8 Å². The van der Waals surface area contributed by atoms with Gasteiger partial charge in [-0.3, -0.25) is 5.10 Å². The number of nitrogens with zero attached hydrogens (tertiary/aromatic N) is 2. The van der Waals surface area contributed by atoms with E-state index in [1.807, 2.05) is 0 Å². The molecule has 0 spiro atoms. The molecule has 7 heteroatoms. The molecule has 90 valence electrons. The van der Waals surface area contributed by atoms with Crippen molar-refractivity contribution in [3.05, 3.63) is 12.3 Å². The van der Waals surface area contributed by atoms with E-state index in [1.54, 1.807) is 11.8 Å². The number of hydrogen-bond acceptors (Lipinski definition) is 4. The molecule has 0 saturated carbocycles. The third-order valence-electron chi connectivity index (χ3n) is 2.48. The molecule has 1 fully saturated rings. The Bertz CT molecular complexity index is 453. The number of hydrogen-bond donors (Lipinski definition) is 1. The molecular formula is C9H15N3O2S2. The van der Waals surface area contributed by atoms with Gasteiger partial charge in [-0.1, -0.05) is 0 Å². The lowest BCUT2D eigenvalue weighted by atomic mass is 10.2. The summed E-state index contributed by atoms with van der Waals surface area (Å²) in [5, 5.41) is 6.38. The number of aromatic amines is 1. The number of thioether (sulfide) groups is 1. The highest BCUT2D eigenvalue weighted by atomic mass is 32.2. The summed E-state index contributed by atoms with van der Waals surface area (Å²) in [4.78, 5) is 0. The minimum absolute atomic E-state index is 0.0225. The van der Waals surface area contributed by atoms with Crippen LogP contribution in [0.3, 0.4) is 0 Å². The third kappa shape index (κ3) is 2.26. The molecule has 2 rings (SSSR count). The maximum atomic E-state index is 12.2. The first-order valence-electron chi connectivity index (χ1n) is 5.05. The van der Waals surface area contributed by atoms with Crippen LogP contribution in [0.2, 0.25) is 0 Å². The van der Waals surface area contributed by atoms with Crippen molar-refractivity contribution in [2.24, 2.45) is 0 Å².